The van der Waals surface area contributed by atoms with Crippen LogP contribution in [0.15, 0.2) is 6.20 Å². The number of imidazole rings is 1. The highest BCUT2D eigenvalue weighted by Gasteiger charge is 2.25. The third-order valence-corrected chi connectivity index (χ3v) is 4.06. The van der Waals surface area contributed by atoms with Gasteiger partial charge < -0.3 is 9.47 Å². The molecule has 0 bridgehead atoms. The van der Waals surface area contributed by atoms with Crippen molar-refractivity contribution < 1.29 is 0 Å². The number of aromatic nitrogens is 2. The Morgan fingerprint density at radius 3 is 2.94 bits per heavy atom. The van der Waals surface area contributed by atoms with E-state index in [0.717, 1.165) is 5.92 Å². The van der Waals surface area contributed by atoms with Crippen LogP contribution in [-0.4, -0.2) is 34.6 Å². The zero-order valence-corrected chi connectivity index (χ0v) is 10.3. The minimum atomic E-state index is 0.679. The number of nitrogens with zero attached hydrogens (tertiary/aromatic N) is 3. The van der Waals surface area contributed by atoms with Crippen molar-refractivity contribution in [2.24, 2.45) is 5.92 Å². The molecule has 0 radical (unpaired) electrons. The first kappa shape index (κ1) is 10.3. The van der Waals surface area contributed by atoms with E-state index in [-0.39, 0.29) is 0 Å². The third kappa shape index (κ3) is 1.77. The van der Waals surface area contributed by atoms with Gasteiger partial charge in [-0.1, -0.05) is 6.92 Å². The maximum absolute atomic E-state index is 4.84. The highest BCUT2D eigenvalue weighted by molar-refractivity contribution is 5.13. The standard InChI is InChI=1S/C13H21N3/c1-10-3-4-13-14-12(9-16(13)7-10)11-5-6-15(2)8-11/h9-11H,3-8H2,1-2H3. The van der Waals surface area contributed by atoms with Gasteiger partial charge in [0.15, 0.2) is 0 Å². The van der Waals surface area contributed by atoms with Crippen LogP contribution >= 0.6 is 0 Å². The molecular weight excluding hydrogens is 198 g/mol. The molecular formula is C13H21N3. The molecule has 3 rings (SSSR count). The number of rotatable bonds is 1. The molecule has 0 aromatic carbocycles. The maximum atomic E-state index is 4.84. The van der Waals surface area contributed by atoms with Gasteiger partial charge in [-0.05, 0) is 32.4 Å². The minimum absolute atomic E-state index is 0.679. The van der Waals surface area contributed by atoms with Crippen LogP contribution in [0.4, 0.5) is 0 Å². The molecule has 0 N–H and O–H groups in total. The van der Waals surface area contributed by atoms with E-state index in [9.17, 15) is 0 Å². The minimum Gasteiger partial charge on any atom is -0.334 e. The maximum Gasteiger partial charge on any atom is 0.108 e. The summed E-state index contributed by atoms with van der Waals surface area (Å²) in [4.78, 5) is 7.25. The Morgan fingerprint density at radius 2 is 2.19 bits per heavy atom. The third-order valence-electron chi connectivity index (χ3n) is 4.06. The lowest BCUT2D eigenvalue weighted by Gasteiger charge is -2.19. The molecule has 16 heavy (non-hydrogen) atoms. The second-order valence-electron chi connectivity index (χ2n) is 5.63. The fourth-order valence-electron chi connectivity index (χ4n) is 3.01. The van der Waals surface area contributed by atoms with Gasteiger partial charge in [0.25, 0.3) is 0 Å². The van der Waals surface area contributed by atoms with Gasteiger partial charge in [-0.3, -0.25) is 0 Å². The van der Waals surface area contributed by atoms with Crippen molar-refractivity contribution in [1.29, 1.82) is 0 Å². The number of fused-ring (bicyclic) bond motifs is 1. The average molecular weight is 219 g/mol. The Balaban J connectivity index is 1.82. The molecule has 1 aromatic rings. The zero-order valence-electron chi connectivity index (χ0n) is 10.3. The van der Waals surface area contributed by atoms with Gasteiger partial charge in [-0.15, -0.1) is 0 Å². The molecule has 0 amide bonds. The van der Waals surface area contributed by atoms with Gasteiger partial charge >= 0.3 is 0 Å². The number of hydrogen-bond donors (Lipinski definition) is 0. The highest BCUT2D eigenvalue weighted by Crippen LogP contribution is 2.28. The van der Waals surface area contributed by atoms with Crippen molar-refractivity contribution in [2.75, 3.05) is 20.1 Å². The van der Waals surface area contributed by atoms with E-state index in [2.05, 4.69) is 29.6 Å². The van der Waals surface area contributed by atoms with Crippen LogP contribution in [0.1, 0.15) is 37.2 Å². The largest absolute Gasteiger partial charge is 0.334 e. The molecule has 0 aliphatic carbocycles. The lowest BCUT2D eigenvalue weighted by Crippen LogP contribution is -2.17. The van der Waals surface area contributed by atoms with E-state index in [1.807, 2.05) is 0 Å². The number of aryl methyl sites for hydroxylation is 1. The van der Waals surface area contributed by atoms with Crippen LogP contribution in [0.2, 0.25) is 0 Å². The van der Waals surface area contributed by atoms with Gasteiger partial charge in [0.1, 0.15) is 5.82 Å². The Kier molecular flexibility index (Phi) is 2.51. The number of likely N-dealkylation sites (tertiary alicyclic amines) is 1. The Morgan fingerprint density at radius 1 is 1.31 bits per heavy atom. The normalized spacial score (nSPS) is 30.6. The molecule has 0 saturated carbocycles. The molecule has 2 unspecified atom stereocenters. The molecule has 3 heteroatoms. The fourth-order valence-corrected chi connectivity index (χ4v) is 3.01. The second-order valence-corrected chi connectivity index (χ2v) is 5.63. The van der Waals surface area contributed by atoms with E-state index in [1.165, 1.54) is 50.4 Å². The van der Waals surface area contributed by atoms with Crippen molar-refractivity contribution in [2.45, 2.75) is 38.6 Å². The molecule has 1 aromatic heterocycles. The SMILES string of the molecule is CC1CCc2nc(C3CCN(C)C3)cn2C1. The predicted molar refractivity (Wildman–Crippen MR) is 64.6 cm³/mol. The number of hydrogen-bond acceptors (Lipinski definition) is 2. The summed E-state index contributed by atoms with van der Waals surface area (Å²) in [6.45, 7) is 5.92. The quantitative estimate of drug-likeness (QED) is 0.719. The Bertz CT molecular complexity index is 383. The summed E-state index contributed by atoms with van der Waals surface area (Å²) in [5.41, 5.74) is 1.34. The zero-order chi connectivity index (χ0) is 11.1. The van der Waals surface area contributed by atoms with Crippen LogP contribution in [0.5, 0.6) is 0 Å². The first-order valence-electron chi connectivity index (χ1n) is 6.47. The van der Waals surface area contributed by atoms with Crippen LogP contribution in [0.25, 0.3) is 0 Å². The smallest absolute Gasteiger partial charge is 0.108 e. The summed E-state index contributed by atoms with van der Waals surface area (Å²) in [6, 6.07) is 0. The molecule has 2 aliphatic rings. The Hall–Kier alpha value is -0.830. The van der Waals surface area contributed by atoms with Crippen LogP contribution < -0.4 is 0 Å². The molecule has 3 heterocycles. The highest BCUT2D eigenvalue weighted by atomic mass is 15.1. The lowest BCUT2D eigenvalue weighted by molar-refractivity contribution is 0.394. The summed E-state index contributed by atoms with van der Waals surface area (Å²) in [7, 11) is 2.21. The van der Waals surface area contributed by atoms with E-state index >= 15 is 0 Å². The lowest BCUT2D eigenvalue weighted by atomic mass is 10.0. The first-order chi connectivity index (χ1) is 7.72. The predicted octanol–water partition coefficient (Wildman–Crippen LogP) is 1.88. The van der Waals surface area contributed by atoms with E-state index in [1.54, 1.807) is 0 Å². The molecule has 2 aliphatic heterocycles. The van der Waals surface area contributed by atoms with Crippen molar-refractivity contribution in [3.8, 4) is 0 Å². The van der Waals surface area contributed by atoms with Gasteiger partial charge in [0, 0.05) is 31.6 Å². The Labute approximate surface area is 97.5 Å². The van der Waals surface area contributed by atoms with E-state index < -0.39 is 0 Å². The summed E-state index contributed by atoms with van der Waals surface area (Å²) >= 11 is 0. The van der Waals surface area contributed by atoms with Gasteiger partial charge in [-0.2, -0.15) is 0 Å². The van der Waals surface area contributed by atoms with Gasteiger partial charge in [0.05, 0.1) is 5.69 Å². The average Bonchev–Trinajstić information content (AvgIpc) is 2.83. The molecule has 88 valence electrons. The molecule has 0 spiro atoms. The monoisotopic (exact) mass is 219 g/mol. The second kappa shape index (κ2) is 3.88. The fraction of sp³-hybridized carbons (Fsp3) is 0.769. The van der Waals surface area contributed by atoms with Crippen LogP contribution in [0, 0.1) is 5.92 Å². The summed E-state index contributed by atoms with van der Waals surface area (Å²) in [6.07, 6.45) is 6.07. The van der Waals surface area contributed by atoms with Crippen molar-refractivity contribution in [3.05, 3.63) is 17.7 Å². The van der Waals surface area contributed by atoms with Crippen molar-refractivity contribution in [1.82, 2.24) is 14.5 Å². The van der Waals surface area contributed by atoms with Crippen LogP contribution in [0.3, 0.4) is 0 Å². The van der Waals surface area contributed by atoms with Gasteiger partial charge in [-0.25, -0.2) is 4.98 Å². The van der Waals surface area contributed by atoms with E-state index in [4.69, 9.17) is 4.98 Å². The topological polar surface area (TPSA) is 21.1 Å². The molecule has 3 nitrogen and oxygen atoms in total. The molecule has 2 atom stereocenters. The van der Waals surface area contributed by atoms with Crippen LogP contribution in [-0.2, 0) is 13.0 Å². The summed E-state index contributed by atoms with van der Waals surface area (Å²) in [5, 5.41) is 0. The molecule has 1 fully saturated rings. The summed E-state index contributed by atoms with van der Waals surface area (Å²) in [5.74, 6) is 2.82. The first-order valence-corrected chi connectivity index (χ1v) is 6.47. The van der Waals surface area contributed by atoms with E-state index in [0.29, 0.717) is 5.92 Å². The van der Waals surface area contributed by atoms with Crippen molar-refractivity contribution >= 4 is 0 Å². The van der Waals surface area contributed by atoms with Gasteiger partial charge in [0.2, 0.25) is 0 Å². The summed E-state index contributed by atoms with van der Waals surface area (Å²) < 4.78 is 2.39. The number of likely N-dealkylation sites (N-methyl/N-ethyl adjacent to an activating group) is 1. The molecule has 1 saturated heterocycles. The van der Waals surface area contributed by atoms with Crippen molar-refractivity contribution in [3.63, 3.8) is 0 Å².